The van der Waals surface area contributed by atoms with Gasteiger partial charge in [0.2, 0.25) is 0 Å². The quantitative estimate of drug-likeness (QED) is 0.712. The van der Waals surface area contributed by atoms with Crippen molar-refractivity contribution in [3.8, 4) is 0 Å². The van der Waals surface area contributed by atoms with Crippen LogP contribution >= 0.6 is 0 Å². The Balaban J connectivity index is 2.04. The molecule has 1 fully saturated rings. The van der Waals surface area contributed by atoms with Gasteiger partial charge in [0.05, 0.1) is 12.5 Å². The molecule has 0 spiro atoms. The van der Waals surface area contributed by atoms with Crippen molar-refractivity contribution in [2.45, 2.75) is 32.2 Å². The van der Waals surface area contributed by atoms with Crippen LogP contribution in [0.2, 0.25) is 0 Å². The zero-order valence-electron chi connectivity index (χ0n) is 8.80. The van der Waals surface area contributed by atoms with E-state index in [9.17, 15) is 0 Å². The second kappa shape index (κ2) is 3.29. The molecule has 0 radical (unpaired) electrons. The first-order chi connectivity index (χ1) is 7.34. The fourth-order valence-electron chi connectivity index (χ4n) is 2.48. The molecule has 0 saturated heterocycles. The van der Waals surface area contributed by atoms with E-state index >= 15 is 0 Å². The Bertz CT molecular complexity index is 476. The van der Waals surface area contributed by atoms with Crippen molar-refractivity contribution in [3.05, 3.63) is 18.9 Å². The number of hydrogen-bond acceptors (Lipinski definition) is 3. The molecule has 2 aromatic rings. The summed E-state index contributed by atoms with van der Waals surface area (Å²) in [7, 11) is 0. The highest BCUT2D eigenvalue weighted by Gasteiger charge is 2.24. The molecule has 1 aliphatic rings. The van der Waals surface area contributed by atoms with Gasteiger partial charge in [-0.25, -0.2) is 15.0 Å². The first-order valence-corrected chi connectivity index (χ1v) is 5.47. The van der Waals surface area contributed by atoms with E-state index in [-0.39, 0.29) is 0 Å². The minimum atomic E-state index is 0.583. The maximum Gasteiger partial charge on any atom is 0.163 e. The molecule has 3 rings (SSSR count). The van der Waals surface area contributed by atoms with Gasteiger partial charge in [-0.3, -0.25) is 0 Å². The Morgan fingerprint density at radius 3 is 3.07 bits per heavy atom. The molecule has 2 heterocycles. The lowest BCUT2D eigenvalue weighted by Crippen LogP contribution is -2.04. The molecule has 0 aromatic carbocycles. The number of aromatic nitrogens is 4. The Labute approximate surface area is 88.4 Å². The number of rotatable bonds is 1. The Kier molecular flexibility index (Phi) is 1.94. The fraction of sp³-hybridized carbons (Fsp3) is 0.545. The maximum atomic E-state index is 4.33. The van der Waals surface area contributed by atoms with Gasteiger partial charge < -0.3 is 4.57 Å². The van der Waals surface area contributed by atoms with Gasteiger partial charge in [0.15, 0.2) is 5.65 Å². The highest BCUT2D eigenvalue weighted by Crippen LogP contribution is 2.35. The van der Waals surface area contributed by atoms with Crippen molar-refractivity contribution in [1.29, 1.82) is 0 Å². The van der Waals surface area contributed by atoms with E-state index in [1.165, 1.54) is 19.3 Å². The lowest BCUT2D eigenvalue weighted by molar-refractivity contribution is 0.502. The van der Waals surface area contributed by atoms with E-state index in [0.717, 1.165) is 17.1 Å². The molecule has 15 heavy (non-hydrogen) atoms. The summed E-state index contributed by atoms with van der Waals surface area (Å²) in [5.74, 6) is 0.828. The van der Waals surface area contributed by atoms with Crippen molar-refractivity contribution < 1.29 is 0 Å². The van der Waals surface area contributed by atoms with Crippen LogP contribution in [0.3, 0.4) is 0 Å². The monoisotopic (exact) mass is 202 g/mol. The highest BCUT2D eigenvalue weighted by molar-refractivity contribution is 5.69. The fourth-order valence-corrected chi connectivity index (χ4v) is 2.48. The molecular formula is C11H14N4. The molecule has 0 aliphatic heterocycles. The second-order valence-corrected chi connectivity index (χ2v) is 4.46. The van der Waals surface area contributed by atoms with Crippen molar-refractivity contribution in [2.75, 3.05) is 0 Å². The molecular weight excluding hydrogens is 188 g/mol. The van der Waals surface area contributed by atoms with Gasteiger partial charge in [0, 0.05) is 6.04 Å². The van der Waals surface area contributed by atoms with E-state index in [4.69, 9.17) is 0 Å². The Morgan fingerprint density at radius 1 is 1.33 bits per heavy atom. The zero-order chi connectivity index (χ0) is 10.3. The third kappa shape index (κ3) is 1.40. The van der Waals surface area contributed by atoms with E-state index < -0.39 is 0 Å². The van der Waals surface area contributed by atoms with Gasteiger partial charge in [0.25, 0.3) is 0 Å². The van der Waals surface area contributed by atoms with Crippen LogP contribution in [0.15, 0.2) is 18.9 Å². The smallest absolute Gasteiger partial charge is 0.163 e. The van der Waals surface area contributed by atoms with Gasteiger partial charge in [0.1, 0.15) is 11.8 Å². The number of fused-ring (bicyclic) bond motifs is 1. The van der Waals surface area contributed by atoms with E-state index in [1.807, 2.05) is 6.33 Å². The van der Waals surface area contributed by atoms with Crippen molar-refractivity contribution in [1.82, 2.24) is 19.5 Å². The normalized spacial score (nSPS) is 26.2. The summed E-state index contributed by atoms with van der Waals surface area (Å²) in [6.45, 7) is 2.31. The van der Waals surface area contributed by atoms with Crippen LogP contribution in [0.1, 0.15) is 32.2 Å². The van der Waals surface area contributed by atoms with E-state index in [2.05, 4.69) is 26.4 Å². The van der Waals surface area contributed by atoms with Crippen molar-refractivity contribution in [2.24, 2.45) is 5.92 Å². The number of hydrogen-bond donors (Lipinski definition) is 0. The van der Waals surface area contributed by atoms with Crippen molar-refractivity contribution >= 4 is 11.2 Å². The first-order valence-electron chi connectivity index (χ1n) is 5.47. The zero-order valence-corrected chi connectivity index (χ0v) is 8.80. The van der Waals surface area contributed by atoms with Crippen LogP contribution in [-0.2, 0) is 0 Å². The summed E-state index contributed by atoms with van der Waals surface area (Å²) in [6.07, 6.45) is 9.08. The molecule has 4 heteroatoms. The SMILES string of the molecule is CC1CCC(n2cnc3cncnc32)C1. The molecule has 2 unspecified atom stereocenters. The molecule has 2 atom stereocenters. The second-order valence-electron chi connectivity index (χ2n) is 4.46. The Hall–Kier alpha value is -1.45. The average molecular weight is 202 g/mol. The molecule has 4 nitrogen and oxygen atoms in total. The Morgan fingerprint density at radius 2 is 2.27 bits per heavy atom. The largest absolute Gasteiger partial charge is 0.312 e. The van der Waals surface area contributed by atoms with Crippen LogP contribution in [0.5, 0.6) is 0 Å². The average Bonchev–Trinajstić information content (AvgIpc) is 2.83. The van der Waals surface area contributed by atoms with Crippen LogP contribution in [0.25, 0.3) is 11.2 Å². The minimum absolute atomic E-state index is 0.583. The highest BCUT2D eigenvalue weighted by atomic mass is 15.1. The molecule has 0 amide bonds. The van der Waals surface area contributed by atoms with Crippen LogP contribution < -0.4 is 0 Å². The molecule has 1 aliphatic carbocycles. The standard InChI is InChI=1S/C11H14N4/c1-8-2-3-9(4-8)15-7-14-10-5-12-6-13-11(10)15/h5-9H,2-4H2,1H3. The number of imidazole rings is 1. The summed E-state index contributed by atoms with van der Waals surface area (Å²) >= 11 is 0. The van der Waals surface area contributed by atoms with Crippen LogP contribution in [0.4, 0.5) is 0 Å². The van der Waals surface area contributed by atoms with Gasteiger partial charge in [-0.1, -0.05) is 6.92 Å². The topological polar surface area (TPSA) is 43.6 Å². The lowest BCUT2D eigenvalue weighted by Gasteiger charge is -2.11. The summed E-state index contributed by atoms with van der Waals surface area (Å²) in [5, 5.41) is 0. The molecule has 78 valence electrons. The predicted molar refractivity (Wildman–Crippen MR) is 57.4 cm³/mol. The van der Waals surface area contributed by atoms with E-state index in [0.29, 0.717) is 6.04 Å². The van der Waals surface area contributed by atoms with E-state index in [1.54, 1.807) is 12.5 Å². The molecule has 1 saturated carbocycles. The van der Waals surface area contributed by atoms with Gasteiger partial charge in [-0.2, -0.15) is 0 Å². The van der Waals surface area contributed by atoms with Gasteiger partial charge in [-0.15, -0.1) is 0 Å². The summed E-state index contributed by atoms with van der Waals surface area (Å²) in [4.78, 5) is 12.6. The molecule has 0 bridgehead atoms. The molecule has 0 N–H and O–H groups in total. The third-order valence-electron chi connectivity index (χ3n) is 3.30. The van der Waals surface area contributed by atoms with Crippen LogP contribution in [0, 0.1) is 5.92 Å². The van der Waals surface area contributed by atoms with Gasteiger partial charge in [-0.05, 0) is 25.2 Å². The summed E-state index contributed by atoms with van der Waals surface area (Å²) in [6, 6.07) is 0.583. The predicted octanol–water partition coefficient (Wildman–Crippen LogP) is 2.19. The first kappa shape index (κ1) is 8.83. The van der Waals surface area contributed by atoms with Gasteiger partial charge >= 0.3 is 0 Å². The maximum absolute atomic E-state index is 4.33. The molecule has 2 aromatic heterocycles. The minimum Gasteiger partial charge on any atom is -0.312 e. The lowest BCUT2D eigenvalue weighted by atomic mass is 10.1. The van der Waals surface area contributed by atoms with Crippen molar-refractivity contribution in [3.63, 3.8) is 0 Å². The summed E-state index contributed by atoms with van der Waals surface area (Å²) < 4.78 is 2.21. The van der Waals surface area contributed by atoms with Crippen LogP contribution in [-0.4, -0.2) is 19.5 Å². The summed E-state index contributed by atoms with van der Waals surface area (Å²) in [5.41, 5.74) is 1.88. The number of nitrogens with zero attached hydrogens (tertiary/aromatic N) is 4. The third-order valence-corrected chi connectivity index (χ3v) is 3.30.